The van der Waals surface area contributed by atoms with E-state index in [9.17, 15) is 13.2 Å². The average molecular weight is 334 g/mol. The molecule has 0 heterocycles. The van der Waals surface area contributed by atoms with E-state index in [1.54, 1.807) is 31.2 Å². The molecule has 2 aromatic carbocycles. The normalized spacial score (nSPS) is 11.2. The summed E-state index contributed by atoms with van der Waals surface area (Å²) in [5, 5.41) is 11.8. The molecule has 6 nitrogen and oxygen atoms in total. The largest absolute Gasteiger partial charge is 0.392 e. The van der Waals surface area contributed by atoms with Crippen molar-refractivity contribution in [3.8, 4) is 0 Å². The Balaban J connectivity index is 2.14. The predicted octanol–water partition coefficient (Wildman–Crippen LogP) is 1.73. The number of nitrogens with one attached hydrogen (secondary N) is 2. The van der Waals surface area contributed by atoms with E-state index in [4.69, 9.17) is 5.11 Å². The van der Waals surface area contributed by atoms with E-state index in [1.165, 1.54) is 24.3 Å². The topological polar surface area (TPSA) is 95.5 Å². The van der Waals surface area contributed by atoms with Crippen LogP contribution in [0.4, 0.5) is 5.69 Å². The summed E-state index contributed by atoms with van der Waals surface area (Å²) in [5.74, 6) is -0.354. The monoisotopic (exact) mass is 334 g/mol. The molecule has 0 fully saturated rings. The molecule has 23 heavy (non-hydrogen) atoms. The van der Waals surface area contributed by atoms with Crippen LogP contribution < -0.4 is 10.0 Å². The zero-order valence-corrected chi connectivity index (χ0v) is 13.4. The van der Waals surface area contributed by atoms with Crippen LogP contribution in [0.1, 0.15) is 22.8 Å². The standard InChI is InChI=1S/C16H18N2O4S/c1-2-17-23(21,22)15-8-6-13(7-9-15)16(20)18-14-5-3-4-12(10-14)11-19/h3-10,17,19H,2,11H2,1H3,(H,18,20). The van der Waals surface area contributed by atoms with Crippen molar-refractivity contribution in [2.24, 2.45) is 0 Å². The summed E-state index contributed by atoms with van der Waals surface area (Å²) in [6.45, 7) is 1.88. The van der Waals surface area contributed by atoms with Gasteiger partial charge in [0, 0.05) is 17.8 Å². The Bertz CT molecular complexity index is 786. The highest BCUT2D eigenvalue weighted by Gasteiger charge is 2.13. The molecule has 0 aromatic heterocycles. The molecule has 0 saturated carbocycles. The summed E-state index contributed by atoms with van der Waals surface area (Å²) < 4.78 is 26.1. The molecule has 0 saturated heterocycles. The van der Waals surface area contributed by atoms with E-state index < -0.39 is 10.0 Å². The van der Waals surface area contributed by atoms with Crippen molar-refractivity contribution < 1.29 is 18.3 Å². The molecule has 122 valence electrons. The minimum absolute atomic E-state index is 0.109. The molecule has 0 atom stereocenters. The second-order valence-corrected chi connectivity index (χ2v) is 6.61. The van der Waals surface area contributed by atoms with Gasteiger partial charge in [0.05, 0.1) is 11.5 Å². The number of benzene rings is 2. The maximum atomic E-state index is 12.2. The highest BCUT2D eigenvalue weighted by atomic mass is 32.2. The van der Waals surface area contributed by atoms with Gasteiger partial charge in [0.25, 0.3) is 5.91 Å². The average Bonchev–Trinajstić information content (AvgIpc) is 2.55. The molecular formula is C16H18N2O4S. The van der Waals surface area contributed by atoms with E-state index in [0.29, 0.717) is 23.4 Å². The lowest BCUT2D eigenvalue weighted by molar-refractivity contribution is 0.102. The Morgan fingerprint density at radius 1 is 1.13 bits per heavy atom. The molecule has 0 unspecified atom stereocenters. The predicted molar refractivity (Wildman–Crippen MR) is 87.6 cm³/mol. The van der Waals surface area contributed by atoms with E-state index in [-0.39, 0.29) is 17.4 Å². The number of anilines is 1. The lowest BCUT2D eigenvalue weighted by atomic mass is 10.2. The van der Waals surface area contributed by atoms with Gasteiger partial charge in [-0.15, -0.1) is 0 Å². The molecule has 0 radical (unpaired) electrons. The highest BCUT2D eigenvalue weighted by molar-refractivity contribution is 7.89. The van der Waals surface area contributed by atoms with Crippen LogP contribution in [0.25, 0.3) is 0 Å². The first kappa shape index (κ1) is 17.1. The van der Waals surface area contributed by atoms with Gasteiger partial charge in [0.15, 0.2) is 0 Å². The molecule has 0 aliphatic heterocycles. The van der Waals surface area contributed by atoms with Crippen molar-refractivity contribution in [3.63, 3.8) is 0 Å². The Hall–Kier alpha value is -2.22. The van der Waals surface area contributed by atoms with Crippen LogP contribution in [-0.4, -0.2) is 26.0 Å². The zero-order chi connectivity index (χ0) is 16.9. The van der Waals surface area contributed by atoms with Crippen molar-refractivity contribution >= 4 is 21.6 Å². The molecule has 0 aliphatic rings. The Labute approximate surface area is 135 Å². The molecule has 0 aliphatic carbocycles. The minimum Gasteiger partial charge on any atom is -0.392 e. The molecule has 7 heteroatoms. The van der Waals surface area contributed by atoms with Gasteiger partial charge >= 0.3 is 0 Å². The third-order valence-corrected chi connectivity index (χ3v) is 4.69. The first-order valence-electron chi connectivity index (χ1n) is 7.07. The molecule has 0 bridgehead atoms. The van der Waals surface area contributed by atoms with Crippen molar-refractivity contribution in [3.05, 3.63) is 59.7 Å². The van der Waals surface area contributed by atoms with Crippen LogP contribution >= 0.6 is 0 Å². The number of hydrogen-bond donors (Lipinski definition) is 3. The Morgan fingerprint density at radius 2 is 1.83 bits per heavy atom. The molecule has 2 aromatic rings. The third kappa shape index (κ3) is 4.38. The van der Waals surface area contributed by atoms with Gasteiger partial charge in [-0.1, -0.05) is 19.1 Å². The fraction of sp³-hybridized carbons (Fsp3) is 0.188. The SMILES string of the molecule is CCNS(=O)(=O)c1ccc(C(=O)Nc2cccc(CO)c2)cc1. The second-order valence-electron chi connectivity index (χ2n) is 4.84. The van der Waals surface area contributed by atoms with Crippen LogP contribution in [0.3, 0.4) is 0 Å². The summed E-state index contributed by atoms with van der Waals surface area (Å²) in [6.07, 6.45) is 0. The number of carbonyl (C=O) groups is 1. The van der Waals surface area contributed by atoms with Gasteiger partial charge in [0.2, 0.25) is 10.0 Å². The molecule has 0 spiro atoms. The van der Waals surface area contributed by atoms with Gasteiger partial charge in [-0.2, -0.15) is 0 Å². The van der Waals surface area contributed by atoms with Crippen molar-refractivity contribution in [1.82, 2.24) is 4.72 Å². The van der Waals surface area contributed by atoms with Crippen LogP contribution in [0.15, 0.2) is 53.4 Å². The zero-order valence-electron chi connectivity index (χ0n) is 12.6. The van der Waals surface area contributed by atoms with Crippen LogP contribution in [0, 0.1) is 0 Å². The fourth-order valence-electron chi connectivity index (χ4n) is 2.01. The number of aliphatic hydroxyl groups is 1. The number of hydrogen-bond acceptors (Lipinski definition) is 4. The van der Waals surface area contributed by atoms with Crippen LogP contribution in [-0.2, 0) is 16.6 Å². The van der Waals surface area contributed by atoms with Gasteiger partial charge < -0.3 is 10.4 Å². The van der Waals surface area contributed by atoms with Crippen molar-refractivity contribution in [2.45, 2.75) is 18.4 Å². The molecule has 2 rings (SSSR count). The highest BCUT2D eigenvalue weighted by Crippen LogP contribution is 2.14. The maximum absolute atomic E-state index is 12.2. The quantitative estimate of drug-likeness (QED) is 0.750. The van der Waals surface area contributed by atoms with Crippen LogP contribution in [0.2, 0.25) is 0 Å². The van der Waals surface area contributed by atoms with Gasteiger partial charge in [-0.05, 0) is 42.0 Å². The Kier molecular flexibility index (Phi) is 5.49. The molecule has 3 N–H and O–H groups in total. The second kappa shape index (κ2) is 7.36. The number of carbonyl (C=O) groups excluding carboxylic acids is 1. The first-order valence-corrected chi connectivity index (χ1v) is 8.55. The lowest BCUT2D eigenvalue weighted by Crippen LogP contribution is -2.23. The Morgan fingerprint density at radius 3 is 2.43 bits per heavy atom. The van der Waals surface area contributed by atoms with Crippen molar-refractivity contribution in [1.29, 1.82) is 0 Å². The summed E-state index contributed by atoms with van der Waals surface area (Å²) in [6, 6.07) is 12.5. The van der Waals surface area contributed by atoms with Crippen molar-refractivity contribution in [2.75, 3.05) is 11.9 Å². The summed E-state index contributed by atoms with van der Waals surface area (Å²) in [5.41, 5.74) is 1.59. The summed E-state index contributed by atoms with van der Waals surface area (Å²) in [4.78, 5) is 12.3. The van der Waals surface area contributed by atoms with Crippen LogP contribution in [0.5, 0.6) is 0 Å². The van der Waals surface area contributed by atoms with E-state index in [0.717, 1.165) is 0 Å². The number of rotatable bonds is 6. The molecule has 1 amide bonds. The number of aliphatic hydroxyl groups excluding tert-OH is 1. The fourth-order valence-corrected chi connectivity index (χ4v) is 3.05. The maximum Gasteiger partial charge on any atom is 0.255 e. The third-order valence-electron chi connectivity index (χ3n) is 3.13. The van der Waals surface area contributed by atoms with E-state index in [1.807, 2.05) is 0 Å². The summed E-state index contributed by atoms with van der Waals surface area (Å²) in [7, 11) is -3.53. The molecular weight excluding hydrogens is 316 g/mol. The summed E-state index contributed by atoms with van der Waals surface area (Å²) >= 11 is 0. The van der Waals surface area contributed by atoms with E-state index >= 15 is 0 Å². The van der Waals surface area contributed by atoms with E-state index in [2.05, 4.69) is 10.0 Å². The van der Waals surface area contributed by atoms with Gasteiger partial charge in [-0.3, -0.25) is 4.79 Å². The number of sulfonamides is 1. The number of amides is 1. The smallest absolute Gasteiger partial charge is 0.255 e. The minimum atomic E-state index is -3.53. The van der Waals surface area contributed by atoms with Gasteiger partial charge in [-0.25, -0.2) is 13.1 Å². The van der Waals surface area contributed by atoms with Gasteiger partial charge in [0.1, 0.15) is 0 Å². The lowest BCUT2D eigenvalue weighted by Gasteiger charge is -2.08. The first-order chi connectivity index (χ1) is 11.0.